The standard InChI is InChI=1S/C27H21F9O4S/c28-18-8-10-20(11-9-18)41(38,39)24(13-12-19(37)14-24)16-4-6-17(7-5-16)25(26(31,32)33,27(34,35)36)40-15-21-22(29)2-1-3-23(21)30/h1-11,19,37H,12-15H2. The smallest absolute Gasteiger partial charge is 0.393 e. The lowest BCUT2D eigenvalue weighted by atomic mass is 9.88. The number of rotatable bonds is 7. The van der Waals surface area contributed by atoms with Crippen LogP contribution in [0.15, 0.2) is 71.6 Å². The van der Waals surface area contributed by atoms with Crippen molar-refractivity contribution in [1.29, 1.82) is 0 Å². The molecule has 2 atom stereocenters. The highest BCUT2D eigenvalue weighted by Gasteiger charge is 2.73. The number of aliphatic hydroxyl groups excluding tert-OH is 1. The summed E-state index contributed by atoms with van der Waals surface area (Å²) in [6.07, 6.45) is -14.2. The van der Waals surface area contributed by atoms with Crippen LogP contribution in [0, 0.1) is 17.5 Å². The minimum absolute atomic E-state index is 0.0471. The van der Waals surface area contributed by atoms with E-state index in [4.69, 9.17) is 0 Å². The fraction of sp³-hybridized carbons (Fsp3) is 0.333. The summed E-state index contributed by atoms with van der Waals surface area (Å²) < 4.78 is 157. The summed E-state index contributed by atoms with van der Waals surface area (Å²) in [5.74, 6) is -3.60. The van der Waals surface area contributed by atoms with Crippen molar-refractivity contribution < 1.29 is 57.8 Å². The minimum Gasteiger partial charge on any atom is -0.393 e. The van der Waals surface area contributed by atoms with Gasteiger partial charge in [0.25, 0.3) is 5.60 Å². The van der Waals surface area contributed by atoms with E-state index in [9.17, 15) is 53.0 Å². The normalized spacial score (nSPS) is 20.4. The summed E-state index contributed by atoms with van der Waals surface area (Å²) in [6, 6.07) is 8.02. The predicted octanol–water partition coefficient (Wildman–Crippen LogP) is 6.85. The molecular formula is C27H21F9O4S. The van der Waals surface area contributed by atoms with Crippen LogP contribution in [0.1, 0.15) is 36.0 Å². The molecule has 0 spiro atoms. The third-order valence-corrected chi connectivity index (χ3v) is 9.72. The molecule has 0 bridgehead atoms. The van der Waals surface area contributed by atoms with Crippen LogP contribution in [0.2, 0.25) is 0 Å². The zero-order valence-corrected chi connectivity index (χ0v) is 21.6. The number of benzene rings is 3. The quantitative estimate of drug-likeness (QED) is 0.234. The maximum absolute atomic E-state index is 14.2. The highest BCUT2D eigenvalue weighted by Crippen LogP contribution is 2.54. The molecule has 1 saturated carbocycles. The third kappa shape index (κ3) is 5.21. The van der Waals surface area contributed by atoms with E-state index in [1.54, 1.807) is 0 Å². The molecular weight excluding hydrogens is 591 g/mol. The van der Waals surface area contributed by atoms with Crippen molar-refractivity contribution in [3.63, 3.8) is 0 Å². The van der Waals surface area contributed by atoms with Crippen LogP contribution >= 0.6 is 0 Å². The first kappa shape index (κ1) is 30.8. The first-order valence-corrected chi connectivity index (χ1v) is 13.4. The van der Waals surface area contributed by atoms with Gasteiger partial charge < -0.3 is 9.84 Å². The van der Waals surface area contributed by atoms with Crippen LogP contribution in [-0.2, 0) is 31.5 Å². The van der Waals surface area contributed by atoms with E-state index in [0.29, 0.717) is 24.3 Å². The molecule has 1 fully saturated rings. The van der Waals surface area contributed by atoms with Crippen molar-refractivity contribution in [2.75, 3.05) is 0 Å². The molecule has 0 radical (unpaired) electrons. The minimum atomic E-state index is -6.18. The Balaban J connectivity index is 1.83. The van der Waals surface area contributed by atoms with E-state index >= 15 is 0 Å². The Morgan fingerprint density at radius 3 is 1.83 bits per heavy atom. The van der Waals surface area contributed by atoms with Crippen LogP contribution < -0.4 is 0 Å². The van der Waals surface area contributed by atoms with Gasteiger partial charge in [0.2, 0.25) is 0 Å². The van der Waals surface area contributed by atoms with E-state index in [0.717, 1.165) is 42.5 Å². The van der Waals surface area contributed by atoms with Gasteiger partial charge in [0.15, 0.2) is 9.84 Å². The number of ether oxygens (including phenoxy) is 1. The molecule has 0 heterocycles. The second-order valence-electron chi connectivity index (χ2n) is 9.59. The van der Waals surface area contributed by atoms with Crippen LogP contribution in [0.4, 0.5) is 39.5 Å². The van der Waals surface area contributed by atoms with Crippen molar-refractivity contribution in [3.8, 4) is 0 Å². The van der Waals surface area contributed by atoms with E-state index < -0.39 is 80.2 Å². The molecule has 222 valence electrons. The molecule has 0 aromatic heterocycles. The molecule has 1 aliphatic rings. The Bertz CT molecular complexity index is 1470. The monoisotopic (exact) mass is 612 g/mol. The van der Waals surface area contributed by atoms with Gasteiger partial charge in [-0.3, -0.25) is 0 Å². The summed E-state index contributed by atoms with van der Waals surface area (Å²) in [5, 5.41) is 10.2. The first-order valence-electron chi connectivity index (χ1n) is 12.0. The number of halogens is 9. The number of aliphatic hydroxyl groups is 1. The number of sulfone groups is 1. The van der Waals surface area contributed by atoms with Gasteiger partial charge in [0, 0.05) is 11.1 Å². The molecule has 1 N–H and O–H groups in total. The number of hydrogen-bond acceptors (Lipinski definition) is 4. The Morgan fingerprint density at radius 2 is 1.37 bits per heavy atom. The lowest BCUT2D eigenvalue weighted by molar-refractivity contribution is -0.392. The fourth-order valence-electron chi connectivity index (χ4n) is 5.08. The lowest BCUT2D eigenvalue weighted by Crippen LogP contribution is -2.56. The highest BCUT2D eigenvalue weighted by molar-refractivity contribution is 7.92. The summed E-state index contributed by atoms with van der Waals surface area (Å²) in [5.41, 5.74) is -7.96. The molecule has 0 saturated heterocycles. The second kappa shape index (κ2) is 10.6. The van der Waals surface area contributed by atoms with Crippen molar-refractivity contribution in [3.05, 3.63) is 101 Å². The summed E-state index contributed by atoms with van der Waals surface area (Å²) in [4.78, 5) is -0.368. The zero-order valence-electron chi connectivity index (χ0n) is 20.7. The molecule has 1 aliphatic carbocycles. The summed E-state index contributed by atoms with van der Waals surface area (Å²) >= 11 is 0. The van der Waals surface area contributed by atoms with E-state index in [-0.39, 0.29) is 23.3 Å². The van der Waals surface area contributed by atoms with E-state index in [2.05, 4.69) is 4.74 Å². The van der Waals surface area contributed by atoms with Crippen LogP contribution in [0.5, 0.6) is 0 Å². The Labute approximate surface area is 228 Å². The van der Waals surface area contributed by atoms with Gasteiger partial charge in [-0.05, 0) is 61.2 Å². The van der Waals surface area contributed by atoms with E-state index in [1.807, 2.05) is 0 Å². The van der Waals surface area contributed by atoms with Crippen LogP contribution in [0.3, 0.4) is 0 Å². The molecule has 14 heteroatoms. The highest BCUT2D eigenvalue weighted by atomic mass is 32.2. The lowest BCUT2D eigenvalue weighted by Gasteiger charge is -2.38. The van der Waals surface area contributed by atoms with Crippen molar-refractivity contribution in [2.45, 2.75) is 59.6 Å². The fourth-order valence-corrected chi connectivity index (χ4v) is 7.27. The largest absolute Gasteiger partial charge is 0.430 e. The SMILES string of the molecule is O=S(=O)(c1ccc(F)cc1)C1(c2ccc(C(OCc3c(F)cccc3F)(C(F)(F)F)C(F)(F)F)cc2)CCC(O)C1. The topological polar surface area (TPSA) is 63.6 Å². The Hall–Kier alpha value is -3.10. The molecule has 0 amide bonds. The first-order chi connectivity index (χ1) is 19.0. The maximum Gasteiger partial charge on any atom is 0.430 e. The van der Waals surface area contributed by atoms with Gasteiger partial charge in [-0.2, -0.15) is 26.3 Å². The maximum atomic E-state index is 14.2. The Morgan fingerprint density at radius 1 is 0.829 bits per heavy atom. The zero-order chi connectivity index (χ0) is 30.4. The average Bonchev–Trinajstić information content (AvgIpc) is 3.28. The molecule has 41 heavy (non-hydrogen) atoms. The third-order valence-electron chi connectivity index (χ3n) is 7.20. The predicted molar refractivity (Wildman–Crippen MR) is 126 cm³/mol. The van der Waals surface area contributed by atoms with Gasteiger partial charge in [-0.15, -0.1) is 0 Å². The Kier molecular flexibility index (Phi) is 8.00. The van der Waals surface area contributed by atoms with Crippen molar-refractivity contribution >= 4 is 9.84 Å². The van der Waals surface area contributed by atoms with Gasteiger partial charge in [-0.25, -0.2) is 21.6 Å². The van der Waals surface area contributed by atoms with Gasteiger partial charge >= 0.3 is 12.4 Å². The number of alkyl halides is 6. The molecule has 2 unspecified atom stereocenters. The molecule has 4 rings (SSSR count). The summed E-state index contributed by atoms with van der Waals surface area (Å²) in [6.45, 7) is -1.74. The van der Waals surface area contributed by atoms with Gasteiger partial charge in [-0.1, -0.05) is 30.3 Å². The average molecular weight is 613 g/mol. The van der Waals surface area contributed by atoms with Crippen LogP contribution in [0.25, 0.3) is 0 Å². The second-order valence-corrected chi connectivity index (χ2v) is 11.9. The van der Waals surface area contributed by atoms with E-state index in [1.165, 1.54) is 0 Å². The number of hydrogen-bond donors (Lipinski definition) is 1. The van der Waals surface area contributed by atoms with Gasteiger partial charge in [0.1, 0.15) is 22.2 Å². The van der Waals surface area contributed by atoms with Crippen molar-refractivity contribution in [1.82, 2.24) is 0 Å². The molecule has 3 aromatic rings. The van der Waals surface area contributed by atoms with Crippen LogP contribution in [-0.4, -0.2) is 32.0 Å². The summed E-state index contributed by atoms with van der Waals surface area (Å²) in [7, 11) is -4.45. The molecule has 3 aromatic carbocycles. The molecule has 4 nitrogen and oxygen atoms in total. The molecule has 0 aliphatic heterocycles. The van der Waals surface area contributed by atoms with Crippen molar-refractivity contribution in [2.24, 2.45) is 0 Å². The van der Waals surface area contributed by atoms with Gasteiger partial charge in [0.05, 0.1) is 17.6 Å².